The van der Waals surface area contributed by atoms with Crippen LogP contribution in [0.2, 0.25) is 0 Å². The normalized spacial score (nSPS) is 34.4. The van der Waals surface area contributed by atoms with Gasteiger partial charge in [-0.1, -0.05) is 31.2 Å². The molecular weight excluding hydrogens is 386 g/mol. The third-order valence-electron chi connectivity index (χ3n) is 8.70. The molecule has 6 rings (SSSR count). The first-order valence-electron chi connectivity index (χ1n) is 12.0. The van der Waals surface area contributed by atoms with Crippen LogP contribution in [0, 0.1) is 29.1 Å². The van der Waals surface area contributed by atoms with Crippen molar-refractivity contribution < 1.29 is 9.59 Å². The molecule has 5 nitrogen and oxygen atoms in total. The van der Waals surface area contributed by atoms with Gasteiger partial charge in [0.05, 0.1) is 0 Å². The van der Waals surface area contributed by atoms with Gasteiger partial charge in [-0.3, -0.25) is 14.6 Å². The van der Waals surface area contributed by atoms with Crippen molar-refractivity contribution in [3.63, 3.8) is 0 Å². The Labute approximate surface area is 183 Å². The predicted molar refractivity (Wildman–Crippen MR) is 119 cm³/mol. The number of hydrogen-bond acceptors (Lipinski definition) is 3. The zero-order chi connectivity index (χ0) is 21.2. The number of nitrogens with zero attached hydrogens (tertiary/aromatic N) is 2. The highest BCUT2D eigenvalue weighted by molar-refractivity contribution is 6.05. The second kappa shape index (κ2) is 7.04. The molecule has 1 N–H and O–H groups in total. The Morgan fingerprint density at radius 3 is 2.74 bits per heavy atom. The highest BCUT2D eigenvalue weighted by Crippen LogP contribution is 2.71. The average molecular weight is 418 g/mol. The van der Waals surface area contributed by atoms with Gasteiger partial charge in [-0.05, 0) is 73.1 Å². The summed E-state index contributed by atoms with van der Waals surface area (Å²) in [7, 11) is 0. The number of carbonyl (C=O) groups is 2. The fourth-order valence-corrected chi connectivity index (χ4v) is 7.35. The summed E-state index contributed by atoms with van der Waals surface area (Å²) in [5.41, 5.74) is 0.946. The molecule has 4 fully saturated rings. The third kappa shape index (κ3) is 3.07. The van der Waals surface area contributed by atoms with Crippen molar-refractivity contribution in [2.24, 2.45) is 29.1 Å². The van der Waals surface area contributed by atoms with Crippen molar-refractivity contribution in [1.29, 1.82) is 0 Å². The fraction of sp³-hybridized carbons (Fsp3) is 0.577. The van der Waals surface area contributed by atoms with E-state index < -0.39 is 0 Å². The summed E-state index contributed by atoms with van der Waals surface area (Å²) in [6.45, 7) is 3.63. The van der Waals surface area contributed by atoms with Crippen LogP contribution in [0.25, 0.3) is 10.8 Å². The summed E-state index contributed by atoms with van der Waals surface area (Å²) in [6.07, 6.45) is 8.52. The van der Waals surface area contributed by atoms with E-state index in [2.05, 4.69) is 17.2 Å². The number of amides is 2. The minimum Gasteiger partial charge on any atom is -0.352 e. The molecule has 162 valence electrons. The number of benzene rings is 1. The number of piperidine rings is 1. The molecule has 1 aromatic heterocycles. The summed E-state index contributed by atoms with van der Waals surface area (Å²) in [5.74, 6) is 2.67. The molecule has 2 aromatic rings. The van der Waals surface area contributed by atoms with Gasteiger partial charge >= 0.3 is 0 Å². The van der Waals surface area contributed by atoms with Crippen LogP contribution in [0.4, 0.5) is 0 Å². The monoisotopic (exact) mass is 417 g/mol. The molecule has 2 bridgehead atoms. The summed E-state index contributed by atoms with van der Waals surface area (Å²) < 4.78 is 0. The Bertz CT molecular complexity index is 1040. The number of rotatable bonds is 3. The number of carbonyl (C=O) groups excluding carboxylic acids is 2. The van der Waals surface area contributed by atoms with Gasteiger partial charge < -0.3 is 10.2 Å². The summed E-state index contributed by atoms with van der Waals surface area (Å²) >= 11 is 0. The van der Waals surface area contributed by atoms with E-state index in [4.69, 9.17) is 0 Å². The van der Waals surface area contributed by atoms with Crippen molar-refractivity contribution in [3.8, 4) is 0 Å². The number of nitrogens with one attached hydrogen (secondary N) is 1. The van der Waals surface area contributed by atoms with Crippen LogP contribution in [-0.2, 0) is 4.79 Å². The van der Waals surface area contributed by atoms with Gasteiger partial charge in [0.1, 0.15) is 5.69 Å². The average Bonchev–Trinajstić information content (AvgIpc) is 3.19. The molecule has 5 heteroatoms. The van der Waals surface area contributed by atoms with Crippen LogP contribution < -0.4 is 5.32 Å². The quantitative estimate of drug-likeness (QED) is 0.820. The van der Waals surface area contributed by atoms with E-state index in [9.17, 15) is 9.59 Å². The molecule has 1 spiro atoms. The highest BCUT2D eigenvalue weighted by Gasteiger charge is 2.70. The molecule has 1 aromatic carbocycles. The topological polar surface area (TPSA) is 62.3 Å². The lowest BCUT2D eigenvalue weighted by Gasteiger charge is -2.33. The second-order valence-corrected chi connectivity index (χ2v) is 10.6. The van der Waals surface area contributed by atoms with E-state index in [1.807, 2.05) is 35.2 Å². The van der Waals surface area contributed by atoms with Crippen molar-refractivity contribution in [3.05, 3.63) is 42.2 Å². The molecule has 2 heterocycles. The zero-order valence-electron chi connectivity index (χ0n) is 18.2. The molecule has 1 saturated heterocycles. The largest absolute Gasteiger partial charge is 0.352 e. The molecule has 3 aliphatic carbocycles. The SMILES string of the molecule is CC1CC2CC3C(NC(=O)C4CCN(C(=O)c5nccc6ccccc56)CC4)C3(C1)C2. The third-order valence-corrected chi connectivity index (χ3v) is 8.70. The second-order valence-electron chi connectivity index (χ2n) is 10.6. The summed E-state index contributed by atoms with van der Waals surface area (Å²) in [5, 5.41) is 5.37. The van der Waals surface area contributed by atoms with Gasteiger partial charge in [-0.15, -0.1) is 0 Å². The van der Waals surface area contributed by atoms with Crippen LogP contribution in [-0.4, -0.2) is 40.8 Å². The van der Waals surface area contributed by atoms with Crippen molar-refractivity contribution in [2.45, 2.75) is 51.5 Å². The van der Waals surface area contributed by atoms with Gasteiger partial charge in [0.25, 0.3) is 5.91 Å². The maximum Gasteiger partial charge on any atom is 0.273 e. The van der Waals surface area contributed by atoms with E-state index in [-0.39, 0.29) is 17.7 Å². The minimum absolute atomic E-state index is 0.0199. The van der Waals surface area contributed by atoms with E-state index >= 15 is 0 Å². The Morgan fingerprint density at radius 1 is 1.10 bits per heavy atom. The highest BCUT2D eigenvalue weighted by atomic mass is 16.2. The molecule has 2 amide bonds. The first-order chi connectivity index (χ1) is 15.0. The molecular formula is C26H31N3O2. The van der Waals surface area contributed by atoms with Gasteiger partial charge in [-0.2, -0.15) is 0 Å². The molecule has 3 saturated carbocycles. The van der Waals surface area contributed by atoms with Crippen LogP contribution >= 0.6 is 0 Å². The van der Waals surface area contributed by atoms with Gasteiger partial charge in [0.2, 0.25) is 5.91 Å². The number of aromatic nitrogens is 1. The van der Waals surface area contributed by atoms with Crippen LogP contribution in [0.3, 0.4) is 0 Å². The van der Waals surface area contributed by atoms with Crippen LogP contribution in [0.15, 0.2) is 36.5 Å². The lowest BCUT2D eigenvalue weighted by molar-refractivity contribution is -0.126. The maximum atomic E-state index is 13.1. The van der Waals surface area contributed by atoms with E-state index in [1.54, 1.807) is 6.20 Å². The number of hydrogen-bond donors (Lipinski definition) is 1. The van der Waals surface area contributed by atoms with Gasteiger partial charge in [0, 0.05) is 36.6 Å². The predicted octanol–water partition coefficient (Wildman–Crippen LogP) is 4.03. The number of fused-ring (bicyclic) bond motifs is 2. The smallest absolute Gasteiger partial charge is 0.273 e. The molecule has 1 aliphatic heterocycles. The number of pyridine rings is 1. The van der Waals surface area contributed by atoms with Gasteiger partial charge in [-0.25, -0.2) is 0 Å². The minimum atomic E-state index is -0.0199. The standard InChI is InChI=1S/C26H31N3O2/c1-16-12-17-13-21-23(26(21,14-16)15-17)28-24(30)19-7-10-29(11-8-19)25(31)22-20-5-3-2-4-18(20)6-9-27-22/h2-6,9,16-17,19,21,23H,7-8,10-15H2,1H3,(H,28,30). The Kier molecular flexibility index (Phi) is 4.38. The van der Waals surface area contributed by atoms with Gasteiger partial charge in [0.15, 0.2) is 0 Å². The van der Waals surface area contributed by atoms with Crippen molar-refractivity contribution in [2.75, 3.05) is 13.1 Å². The Balaban J connectivity index is 1.07. The van der Waals surface area contributed by atoms with E-state index in [1.165, 1.54) is 25.7 Å². The molecule has 0 radical (unpaired) electrons. The van der Waals surface area contributed by atoms with Crippen LogP contribution in [0.5, 0.6) is 0 Å². The lowest BCUT2D eigenvalue weighted by atomic mass is 9.76. The van der Waals surface area contributed by atoms with Crippen molar-refractivity contribution >= 4 is 22.6 Å². The summed E-state index contributed by atoms with van der Waals surface area (Å²) in [4.78, 5) is 32.4. The first kappa shape index (κ1) is 19.3. The Morgan fingerprint density at radius 2 is 1.90 bits per heavy atom. The molecule has 5 atom stereocenters. The Hall–Kier alpha value is -2.43. The molecule has 31 heavy (non-hydrogen) atoms. The lowest BCUT2D eigenvalue weighted by Crippen LogP contribution is -2.44. The summed E-state index contributed by atoms with van der Waals surface area (Å²) in [6, 6.07) is 10.2. The molecule has 5 unspecified atom stereocenters. The number of likely N-dealkylation sites (tertiary alicyclic amines) is 1. The molecule has 4 aliphatic rings. The zero-order valence-corrected chi connectivity index (χ0v) is 18.2. The fourth-order valence-electron chi connectivity index (χ4n) is 7.35. The first-order valence-corrected chi connectivity index (χ1v) is 12.0. The van der Waals surface area contributed by atoms with Crippen LogP contribution in [0.1, 0.15) is 55.9 Å². The van der Waals surface area contributed by atoms with E-state index in [0.29, 0.717) is 30.2 Å². The van der Waals surface area contributed by atoms with E-state index in [0.717, 1.165) is 41.4 Å². The maximum absolute atomic E-state index is 13.1. The van der Waals surface area contributed by atoms with Crippen molar-refractivity contribution in [1.82, 2.24) is 15.2 Å².